The van der Waals surface area contributed by atoms with Crippen LogP contribution >= 0.6 is 0 Å². The van der Waals surface area contributed by atoms with E-state index < -0.39 is 0 Å². The van der Waals surface area contributed by atoms with Crippen molar-refractivity contribution >= 4 is 28.9 Å². The number of amides is 2. The molecule has 6 heteroatoms. The van der Waals surface area contributed by atoms with Crippen LogP contribution in [0.15, 0.2) is 53.6 Å². The molecule has 0 unspecified atom stereocenters. The Kier molecular flexibility index (Phi) is 4.62. The first-order valence-electron chi connectivity index (χ1n) is 9.22. The van der Waals surface area contributed by atoms with Gasteiger partial charge in [0.2, 0.25) is 0 Å². The lowest BCUT2D eigenvalue weighted by atomic mass is 10.1. The summed E-state index contributed by atoms with van der Waals surface area (Å²) in [6.45, 7) is 2.89. The Bertz CT molecular complexity index is 883. The van der Waals surface area contributed by atoms with Crippen LogP contribution in [0, 0.1) is 0 Å². The van der Waals surface area contributed by atoms with E-state index in [-0.39, 0.29) is 11.8 Å². The molecule has 6 nitrogen and oxygen atoms in total. The van der Waals surface area contributed by atoms with E-state index >= 15 is 0 Å². The number of nitrogens with one attached hydrogen (secondary N) is 2. The summed E-state index contributed by atoms with van der Waals surface area (Å²) in [6, 6.07) is 14.7. The maximum Gasteiger partial charge on any atom is 0.255 e. The van der Waals surface area contributed by atoms with Crippen LogP contribution in [0.2, 0.25) is 0 Å². The number of carbonyl (C=O) groups excluding carboxylic acids is 2. The third kappa shape index (κ3) is 4.16. The molecule has 0 bridgehead atoms. The Labute approximate surface area is 158 Å². The minimum atomic E-state index is -0.183. The molecule has 2 amide bonds. The highest BCUT2D eigenvalue weighted by Gasteiger charge is 2.23. The molecule has 2 N–H and O–H groups in total. The van der Waals surface area contributed by atoms with Crippen LogP contribution in [0.25, 0.3) is 0 Å². The fourth-order valence-electron chi connectivity index (χ4n) is 2.95. The number of nitrogens with zero attached hydrogens (tertiary/aromatic N) is 2. The zero-order valence-corrected chi connectivity index (χ0v) is 15.2. The summed E-state index contributed by atoms with van der Waals surface area (Å²) >= 11 is 0. The summed E-state index contributed by atoms with van der Waals surface area (Å²) in [5.41, 5.74) is 3.94. The largest absolute Gasteiger partial charge is 0.349 e. The van der Waals surface area contributed by atoms with Gasteiger partial charge in [0, 0.05) is 41.5 Å². The predicted octanol–water partition coefficient (Wildman–Crippen LogP) is 3.42. The predicted molar refractivity (Wildman–Crippen MR) is 106 cm³/mol. The maximum atomic E-state index is 12.4. The van der Waals surface area contributed by atoms with Crippen molar-refractivity contribution in [2.24, 2.45) is 5.10 Å². The fraction of sp³-hybridized carbons (Fsp3) is 0.286. The number of rotatable bonds is 5. The van der Waals surface area contributed by atoms with Crippen LogP contribution in [0.1, 0.15) is 46.9 Å². The Morgan fingerprint density at radius 3 is 2.19 bits per heavy atom. The number of benzene rings is 2. The normalized spacial score (nSPS) is 16.0. The van der Waals surface area contributed by atoms with Crippen LogP contribution in [0.4, 0.5) is 11.4 Å². The van der Waals surface area contributed by atoms with Crippen molar-refractivity contribution in [2.75, 3.05) is 16.9 Å². The summed E-state index contributed by atoms with van der Waals surface area (Å²) in [5, 5.41) is 12.2. The summed E-state index contributed by atoms with van der Waals surface area (Å²) in [6.07, 6.45) is 3.09. The molecular formula is C21H22N4O2. The van der Waals surface area contributed by atoms with Gasteiger partial charge in [0.25, 0.3) is 11.8 Å². The van der Waals surface area contributed by atoms with Crippen molar-refractivity contribution in [3.63, 3.8) is 0 Å². The van der Waals surface area contributed by atoms with Gasteiger partial charge in [0.05, 0.1) is 5.69 Å². The molecule has 1 saturated carbocycles. The van der Waals surface area contributed by atoms with Gasteiger partial charge in [-0.3, -0.25) is 14.6 Å². The van der Waals surface area contributed by atoms with Crippen LogP contribution < -0.4 is 15.6 Å². The van der Waals surface area contributed by atoms with Gasteiger partial charge in [0.15, 0.2) is 0 Å². The van der Waals surface area contributed by atoms with Crippen molar-refractivity contribution in [1.82, 2.24) is 5.32 Å². The second-order valence-electron chi connectivity index (χ2n) is 7.03. The van der Waals surface area contributed by atoms with Crippen molar-refractivity contribution < 1.29 is 9.59 Å². The summed E-state index contributed by atoms with van der Waals surface area (Å²) in [5.74, 6) is -0.247. The Balaban J connectivity index is 1.37. The van der Waals surface area contributed by atoms with E-state index in [0.717, 1.165) is 37.2 Å². The number of hydrogen-bond acceptors (Lipinski definition) is 4. The van der Waals surface area contributed by atoms with E-state index in [9.17, 15) is 9.59 Å². The fourth-order valence-corrected chi connectivity index (χ4v) is 2.95. The molecule has 1 aliphatic carbocycles. The summed E-state index contributed by atoms with van der Waals surface area (Å²) in [7, 11) is 0. The van der Waals surface area contributed by atoms with Gasteiger partial charge in [-0.25, -0.2) is 0 Å². The molecule has 2 aliphatic rings. The van der Waals surface area contributed by atoms with E-state index in [0.29, 0.717) is 22.9 Å². The van der Waals surface area contributed by atoms with E-state index in [1.807, 2.05) is 24.1 Å². The second-order valence-corrected chi connectivity index (χ2v) is 7.03. The number of carbonyl (C=O) groups is 2. The molecule has 27 heavy (non-hydrogen) atoms. The van der Waals surface area contributed by atoms with Crippen molar-refractivity contribution in [3.05, 3.63) is 59.7 Å². The quantitative estimate of drug-likeness (QED) is 0.856. The van der Waals surface area contributed by atoms with Gasteiger partial charge in [-0.15, -0.1) is 0 Å². The van der Waals surface area contributed by atoms with Gasteiger partial charge >= 0.3 is 0 Å². The van der Waals surface area contributed by atoms with Crippen molar-refractivity contribution in [2.45, 2.75) is 32.2 Å². The highest BCUT2D eigenvalue weighted by molar-refractivity contribution is 6.04. The molecule has 1 aliphatic heterocycles. The number of hydrazone groups is 1. The molecule has 138 valence electrons. The summed E-state index contributed by atoms with van der Waals surface area (Å²) in [4.78, 5) is 24.4. The van der Waals surface area contributed by atoms with E-state index in [1.165, 1.54) is 0 Å². The highest BCUT2D eigenvalue weighted by atomic mass is 16.2. The second kappa shape index (κ2) is 7.23. The average molecular weight is 362 g/mol. The van der Waals surface area contributed by atoms with Crippen molar-refractivity contribution in [3.8, 4) is 0 Å². The first-order chi connectivity index (χ1) is 13.1. The SMILES string of the molecule is CC1=NN(c2ccc(C(=O)Nc3ccc(C(=O)NC4CC4)cc3)cc2)CC1. The van der Waals surface area contributed by atoms with E-state index in [1.54, 1.807) is 36.4 Å². The topological polar surface area (TPSA) is 73.8 Å². The molecule has 1 fully saturated rings. The molecule has 4 rings (SSSR count). The van der Waals surface area contributed by atoms with Gasteiger partial charge in [-0.05, 0) is 68.3 Å². The van der Waals surface area contributed by atoms with Gasteiger partial charge < -0.3 is 10.6 Å². The lowest BCUT2D eigenvalue weighted by molar-refractivity contribution is 0.0950. The molecule has 0 aromatic heterocycles. The van der Waals surface area contributed by atoms with Crippen LogP contribution in [-0.4, -0.2) is 30.1 Å². The molecule has 2 aromatic rings. The zero-order chi connectivity index (χ0) is 18.8. The number of hydrogen-bond donors (Lipinski definition) is 2. The molecule has 2 aromatic carbocycles. The third-order valence-electron chi connectivity index (χ3n) is 4.72. The molecule has 0 spiro atoms. The Morgan fingerprint density at radius 2 is 1.59 bits per heavy atom. The zero-order valence-electron chi connectivity index (χ0n) is 15.2. The van der Waals surface area contributed by atoms with Crippen molar-refractivity contribution in [1.29, 1.82) is 0 Å². The minimum Gasteiger partial charge on any atom is -0.349 e. The Hall–Kier alpha value is -3.15. The standard InChI is InChI=1S/C21H22N4O2/c1-14-12-13-25(24-14)19-10-4-16(5-11-19)21(27)22-17-6-2-15(3-7-17)20(26)23-18-8-9-18/h2-7,10-11,18H,8-9,12-13H2,1H3,(H,22,27)(H,23,26). The average Bonchev–Trinajstić information content (AvgIpc) is 3.39. The van der Waals surface area contributed by atoms with Crippen LogP contribution in [-0.2, 0) is 0 Å². The molecule has 0 radical (unpaired) electrons. The van der Waals surface area contributed by atoms with E-state index in [2.05, 4.69) is 15.7 Å². The lowest BCUT2D eigenvalue weighted by Gasteiger charge is -2.14. The summed E-state index contributed by atoms with van der Waals surface area (Å²) < 4.78 is 0. The van der Waals surface area contributed by atoms with Gasteiger partial charge in [0.1, 0.15) is 0 Å². The molecular weight excluding hydrogens is 340 g/mol. The monoisotopic (exact) mass is 362 g/mol. The van der Waals surface area contributed by atoms with Crippen LogP contribution in [0.5, 0.6) is 0 Å². The van der Waals surface area contributed by atoms with Gasteiger partial charge in [-0.2, -0.15) is 5.10 Å². The third-order valence-corrected chi connectivity index (χ3v) is 4.72. The minimum absolute atomic E-state index is 0.0641. The lowest BCUT2D eigenvalue weighted by Crippen LogP contribution is -2.25. The number of anilines is 2. The van der Waals surface area contributed by atoms with E-state index in [4.69, 9.17) is 0 Å². The smallest absolute Gasteiger partial charge is 0.255 e. The van der Waals surface area contributed by atoms with Crippen LogP contribution in [0.3, 0.4) is 0 Å². The first kappa shape index (κ1) is 17.3. The van der Waals surface area contributed by atoms with Gasteiger partial charge in [-0.1, -0.05) is 0 Å². The molecule has 0 saturated heterocycles. The molecule has 0 atom stereocenters. The Morgan fingerprint density at radius 1 is 0.963 bits per heavy atom. The highest BCUT2D eigenvalue weighted by Crippen LogP contribution is 2.21. The maximum absolute atomic E-state index is 12.4. The first-order valence-corrected chi connectivity index (χ1v) is 9.22. The molecule has 1 heterocycles.